The quantitative estimate of drug-likeness (QED) is 0.863. The second kappa shape index (κ2) is 9.17. The molecule has 4 rings (SSSR count). The fourth-order valence-electron chi connectivity index (χ4n) is 3.85. The zero-order chi connectivity index (χ0) is 19.2. The molecule has 1 amide bonds. The SMILES string of the molecule is O=C(NC1CCN(Cc2ccccc2)CC1)c1cccc(N2CCOCC2)n1. The summed E-state index contributed by atoms with van der Waals surface area (Å²) in [5, 5.41) is 3.18. The Balaban J connectivity index is 1.28. The molecule has 0 radical (unpaired) electrons. The van der Waals surface area contributed by atoms with Gasteiger partial charge >= 0.3 is 0 Å². The topological polar surface area (TPSA) is 57.7 Å². The van der Waals surface area contributed by atoms with E-state index < -0.39 is 0 Å². The number of benzene rings is 1. The van der Waals surface area contributed by atoms with Crippen LogP contribution in [-0.2, 0) is 11.3 Å². The van der Waals surface area contributed by atoms with Crippen LogP contribution in [0.3, 0.4) is 0 Å². The number of hydrogen-bond acceptors (Lipinski definition) is 5. The van der Waals surface area contributed by atoms with Crippen LogP contribution < -0.4 is 10.2 Å². The van der Waals surface area contributed by atoms with Gasteiger partial charge in [0.1, 0.15) is 11.5 Å². The van der Waals surface area contributed by atoms with E-state index in [0.717, 1.165) is 51.4 Å². The maximum atomic E-state index is 12.7. The molecule has 1 aromatic carbocycles. The summed E-state index contributed by atoms with van der Waals surface area (Å²) in [5.74, 6) is 0.783. The minimum absolute atomic E-state index is 0.0726. The largest absolute Gasteiger partial charge is 0.378 e. The summed E-state index contributed by atoms with van der Waals surface area (Å²) < 4.78 is 5.39. The Morgan fingerprint density at radius 2 is 1.75 bits per heavy atom. The van der Waals surface area contributed by atoms with Gasteiger partial charge in [0.2, 0.25) is 0 Å². The number of ether oxygens (including phenoxy) is 1. The summed E-state index contributed by atoms with van der Waals surface area (Å²) in [6.45, 7) is 6.03. The van der Waals surface area contributed by atoms with Crippen LogP contribution in [-0.4, -0.2) is 61.2 Å². The van der Waals surface area contributed by atoms with Gasteiger partial charge in [0.25, 0.3) is 5.91 Å². The second-order valence-corrected chi connectivity index (χ2v) is 7.49. The molecule has 0 atom stereocenters. The molecule has 1 aromatic heterocycles. The maximum Gasteiger partial charge on any atom is 0.270 e. The average molecular weight is 380 g/mol. The molecule has 6 nitrogen and oxygen atoms in total. The van der Waals surface area contributed by atoms with E-state index in [2.05, 4.69) is 44.4 Å². The number of aromatic nitrogens is 1. The van der Waals surface area contributed by atoms with E-state index in [0.29, 0.717) is 18.9 Å². The lowest BCUT2D eigenvalue weighted by Gasteiger charge is -2.32. The monoisotopic (exact) mass is 380 g/mol. The summed E-state index contributed by atoms with van der Waals surface area (Å²) >= 11 is 0. The molecular formula is C22H28N4O2. The molecule has 0 bridgehead atoms. The summed E-state index contributed by atoms with van der Waals surface area (Å²) in [4.78, 5) is 21.9. The number of nitrogens with one attached hydrogen (secondary N) is 1. The van der Waals surface area contributed by atoms with Crippen molar-refractivity contribution >= 4 is 11.7 Å². The van der Waals surface area contributed by atoms with Crippen LogP contribution in [0.4, 0.5) is 5.82 Å². The van der Waals surface area contributed by atoms with Gasteiger partial charge in [0.15, 0.2) is 0 Å². The molecule has 2 fully saturated rings. The fourth-order valence-corrected chi connectivity index (χ4v) is 3.85. The highest BCUT2D eigenvalue weighted by Gasteiger charge is 2.22. The van der Waals surface area contributed by atoms with Crippen molar-refractivity contribution in [3.63, 3.8) is 0 Å². The maximum absolute atomic E-state index is 12.7. The highest BCUT2D eigenvalue weighted by atomic mass is 16.5. The van der Waals surface area contributed by atoms with Gasteiger partial charge in [-0.05, 0) is 30.5 Å². The molecule has 3 heterocycles. The zero-order valence-electron chi connectivity index (χ0n) is 16.2. The molecule has 2 aromatic rings. The van der Waals surface area contributed by atoms with Crippen LogP contribution in [0.2, 0.25) is 0 Å². The molecule has 2 aliphatic heterocycles. The molecule has 2 aliphatic rings. The molecule has 0 spiro atoms. The van der Waals surface area contributed by atoms with Crippen molar-refractivity contribution in [3.05, 3.63) is 59.8 Å². The van der Waals surface area contributed by atoms with Crippen LogP contribution in [0.25, 0.3) is 0 Å². The summed E-state index contributed by atoms with van der Waals surface area (Å²) in [6.07, 6.45) is 1.95. The lowest BCUT2D eigenvalue weighted by Crippen LogP contribution is -2.44. The van der Waals surface area contributed by atoms with Crippen molar-refractivity contribution in [1.29, 1.82) is 0 Å². The zero-order valence-corrected chi connectivity index (χ0v) is 16.2. The van der Waals surface area contributed by atoms with E-state index in [1.165, 1.54) is 5.56 Å². The number of anilines is 1. The third kappa shape index (κ3) is 4.88. The normalized spacial score (nSPS) is 18.8. The Morgan fingerprint density at radius 1 is 1.00 bits per heavy atom. The number of piperidine rings is 1. The highest BCUT2D eigenvalue weighted by molar-refractivity contribution is 5.92. The van der Waals surface area contributed by atoms with Crippen LogP contribution >= 0.6 is 0 Å². The summed E-state index contributed by atoms with van der Waals surface area (Å²) in [6, 6.07) is 16.4. The van der Waals surface area contributed by atoms with E-state index >= 15 is 0 Å². The van der Waals surface area contributed by atoms with Gasteiger partial charge in [-0.3, -0.25) is 9.69 Å². The Bertz CT molecular complexity index is 769. The Labute approximate surface area is 166 Å². The molecule has 6 heteroatoms. The van der Waals surface area contributed by atoms with Crippen LogP contribution in [0.1, 0.15) is 28.9 Å². The fraction of sp³-hybridized carbons (Fsp3) is 0.455. The van der Waals surface area contributed by atoms with Gasteiger partial charge in [0, 0.05) is 38.8 Å². The van der Waals surface area contributed by atoms with Crippen LogP contribution in [0, 0.1) is 0 Å². The third-order valence-corrected chi connectivity index (χ3v) is 5.47. The summed E-state index contributed by atoms with van der Waals surface area (Å²) in [7, 11) is 0. The molecule has 1 N–H and O–H groups in total. The number of likely N-dealkylation sites (tertiary alicyclic amines) is 1. The molecule has 148 valence electrons. The van der Waals surface area contributed by atoms with E-state index in [9.17, 15) is 4.79 Å². The summed E-state index contributed by atoms with van der Waals surface area (Å²) in [5.41, 5.74) is 1.84. The minimum atomic E-state index is -0.0726. The van der Waals surface area contributed by atoms with Crippen molar-refractivity contribution in [1.82, 2.24) is 15.2 Å². The van der Waals surface area contributed by atoms with E-state index in [1.54, 1.807) is 6.07 Å². The smallest absolute Gasteiger partial charge is 0.270 e. The van der Waals surface area contributed by atoms with E-state index in [-0.39, 0.29) is 11.9 Å². The molecular weight excluding hydrogens is 352 g/mol. The lowest BCUT2D eigenvalue weighted by atomic mass is 10.0. The molecule has 0 saturated carbocycles. The van der Waals surface area contributed by atoms with Crippen LogP contribution in [0.15, 0.2) is 48.5 Å². The van der Waals surface area contributed by atoms with Crippen molar-refractivity contribution in [3.8, 4) is 0 Å². The van der Waals surface area contributed by atoms with Gasteiger partial charge in [-0.2, -0.15) is 0 Å². The highest BCUT2D eigenvalue weighted by Crippen LogP contribution is 2.16. The predicted octanol–water partition coefficient (Wildman–Crippen LogP) is 2.31. The Kier molecular flexibility index (Phi) is 6.19. The van der Waals surface area contributed by atoms with Gasteiger partial charge in [0.05, 0.1) is 13.2 Å². The van der Waals surface area contributed by atoms with Gasteiger partial charge in [-0.15, -0.1) is 0 Å². The van der Waals surface area contributed by atoms with E-state index in [4.69, 9.17) is 4.74 Å². The number of nitrogens with zero attached hydrogens (tertiary/aromatic N) is 3. The molecule has 2 saturated heterocycles. The van der Waals surface area contributed by atoms with Crippen molar-refractivity contribution < 1.29 is 9.53 Å². The number of amides is 1. The average Bonchev–Trinajstić information content (AvgIpc) is 2.76. The van der Waals surface area contributed by atoms with Crippen molar-refractivity contribution in [2.45, 2.75) is 25.4 Å². The number of carbonyl (C=O) groups is 1. The van der Waals surface area contributed by atoms with Gasteiger partial charge in [-0.25, -0.2) is 4.98 Å². The molecule has 0 unspecified atom stereocenters. The first-order valence-corrected chi connectivity index (χ1v) is 10.1. The van der Waals surface area contributed by atoms with Gasteiger partial charge < -0.3 is 15.0 Å². The van der Waals surface area contributed by atoms with E-state index in [1.807, 2.05) is 18.2 Å². The number of hydrogen-bond donors (Lipinski definition) is 1. The second-order valence-electron chi connectivity index (χ2n) is 7.49. The predicted molar refractivity (Wildman–Crippen MR) is 109 cm³/mol. The van der Waals surface area contributed by atoms with Crippen molar-refractivity contribution in [2.24, 2.45) is 0 Å². The Morgan fingerprint density at radius 3 is 2.50 bits per heavy atom. The standard InChI is InChI=1S/C22H28N4O2/c27-22(20-7-4-8-21(24-20)26-13-15-28-16-14-26)23-19-9-11-25(12-10-19)17-18-5-2-1-3-6-18/h1-8,19H,9-17H2,(H,23,27). The van der Waals surface area contributed by atoms with Crippen LogP contribution in [0.5, 0.6) is 0 Å². The number of carbonyl (C=O) groups excluding carboxylic acids is 1. The number of morpholine rings is 1. The van der Waals surface area contributed by atoms with Crippen molar-refractivity contribution in [2.75, 3.05) is 44.3 Å². The third-order valence-electron chi connectivity index (χ3n) is 5.47. The molecule has 28 heavy (non-hydrogen) atoms. The molecule has 0 aliphatic carbocycles. The first-order valence-electron chi connectivity index (χ1n) is 10.1. The number of pyridine rings is 1. The first-order chi connectivity index (χ1) is 13.8. The van der Waals surface area contributed by atoms with Gasteiger partial charge in [-0.1, -0.05) is 36.4 Å². The Hall–Kier alpha value is -2.44. The first kappa shape index (κ1) is 18.9. The minimum Gasteiger partial charge on any atom is -0.378 e. The lowest BCUT2D eigenvalue weighted by molar-refractivity contribution is 0.0904. The number of rotatable bonds is 5.